The number of amides is 2. The van der Waals surface area contributed by atoms with E-state index in [4.69, 9.17) is 5.73 Å². The minimum absolute atomic E-state index is 0.0926. The van der Waals surface area contributed by atoms with Gasteiger partial charge < -0.3 is 21.3 Å². The molecule has 3 rings (SSSR count). The molecule has 1 spiro atoms. The van der Waals surface area contributed by atoms with E-state index >= 15 is 0 Å². The van der Waals surface area contributed by atoms with Crippen molar-refractivity contribution in [2.24, 2.45) is 5.73 Å². The monoisotopic (exact) mass is 260 g/mol. The Morgan fingerprint density at radius 2 is 2.21 bits per heavy atom. The lowest BCUT2D eigenvalue weighted by Gasteiger charge is -2.43. The lowest BCUT2D eigenvalue weighted by Crippen LogP contribution is -2.60. The Balaban J connectivity index is 2.00. The number of nitrogens with one attached hydrogen (secondary N) is 2. The molecule has 2 heterocycles. The van der Waals surface area contributed by atoms with Crippen molar-refractivity contribution in [3.05, 3.63) is 24.3 Å². The first-order chi connectivity index (χ1) is 9.04. The second-order valence-corrected chi connectivity index (χ2v) is 5.10. The number of carbonyl (C=O) groups is 2. The van der Waals surface area contributed by atoms with Crippen molar-refractivity contribution in [2.45, 2.75) is 18.0 Å². The Labute approximate surface area is 110 Å². The molecular formula is C13H16N4O2. The molecule has 1 fully saturated rings. The number of nitrogens with two attached hydrogens (primary N) is 1. The Bertz CT molecular complexity index is 559. The fourth-order valence-electron chi connectivity index (χ4n) is 2.90. The normalized spacial score (nSPS) is 29.2. The zero-order valence-electron chi connectivity index (χ0n) is 10.6. The second-order valence-electron chi connectivity index (χ2n) is 5.10. The van der Waals surface area contributed by atoms with Gasteiger partial charge in [0.15, 0.2) is 0 Å². The molecule has 19 heavy (non-hydrogen) atoms. The maximum atomic E-state index is 12.4. The van der Waals surface area contributed by atoms with E-state index in [-0.39, 0.29) is 5.91 Å². The highest BCUT2D eigenvalue weighted by atomic mass is 16.2. The van der Waals surface area contributed by atoms with E-state index in [0.717, 1.165) is 11.4 Å². The smallest absolute Gasteiger partial charge is 0.251 e. The number of anilines is 2. The van der Waals surface area contributed by atoms with Gasteiger partial charge in [-0.15, -0.1) is 0 Å². The van der Waals surface area contributed by atoms with E-state index in [9.17, 15) is 9.59 Å². The summed E-state index contributed by atoms with van der Waals surface area (Å²) in [5.41, 5.74) is 6.33. The number of hydrogen-bond donors (Lipinski definition) is 3. The van der Waals surface area contributed by atoms with Crippen LogP contribution >= 0.6 is 0 Å². The van der Waals surface area contributed by atoms with Crippen LogP contribution < -0.4 is 21.3 Å². The van der Waals surface area contributed by atoms with Gasteiger partial charge in [-0.3, -0.25) is 9.59 Å². The fourth-order valence-corrected chi connectivity index (χ4v) is 2.90. The molecule has 0 aliphatic carbocycles. The summed E-state index contributed by atoms with van der Waals surface area (Å²) in [6.45, 7) is 0.414. The highest BCUT2D eigenvalue weighted by Crippen LogP contribution is 2.39. The van der Waals surface area contributed by atoms with Crippen molar-refractivity contribution in [3.8, 4) is 0 Å². The number of likely N-dealkylation sites (N-methyl/N-ethyl adjacent to an activating group) is 1. The summed E-state index contributed by atoms with van der Waals surface area (Å²) in [5, 5.41) is 5.94. The zero-order chi connectivity index (χ0) is 13.6. The summed E-state index contributed by atoms with van der Waals surface area (Å²) in [6, 6.07) is 7.16. The van der Waals surface area contributed by atoms with Crippen LogP contribution in [0.25, 0.3) is 0 Å². The summed E-state index contributed by atoms with van der Waals surface area (Å²) in [6.07, 6.45) is 0.388. The summed E-state index contributed by atoms with van der Waals surface area (Å²) >= 11 is 0. The van der Waals surface area contributed by atoms with Gasteiger partial charge in [-0.1, -0.05) is 12.1 Å². The largest absolute Gasteiger partial charge is 0.368 e. The fraction of sp³-hybridized carbons (Fsp3) is 0.385. The molecule has 6 nitrogen and oxygen atoms in total. The van der Waals surface area contributed by atoms with Gasteiger partial charge in [-0.05, 0) is 12.1 Å². The van der Waals surface area contributed by atoms with Crippen LogP contribution in [0.2, 0.25) is 0 Å². The molecule has 2 aliphatic rings. The molecule has 1 saturated heterocycles. The van der Waals surface area contributed by atoms with Crippen LogP contribution in [0.1, 0.15) is 6.42 Å². The van der Waals surface area contributed by atoms with Crippen LogP contribution in [0, 0.1) is 0 Å². The summed E-state index contributed by atoms with van der Waals surface area (Å²) in [7, 11) is 1.88. The van der Waals surface area contributed by atoms with Crippen molar-refractivity contribution in [2.75, 3.05) is 23.8 Å². The first kappa shape index (κ1) is 12.0. The maximum Gasteiger partial charge on any atom is 0.251 e. The van der Waals surface area contributed by atoms with Crippen molar-refractivity contribution in [1.82, 2.24) is 5.32 Å². The van der Waals surface area contributed by atoms with E-state index in [1.807, 2.05) is 36.2 Å². The molecule has 0 bridgehead atoms. The second kappa shape index (κ2) is 3.96. The van der Waals surface area contributed by atoms with E-state index in [0.29, 0.717) is 13.0 Å². The number of rotatable bonds is 1. The Morgan fingerprint density at radius 1 is 1.47 bits per heavy atom. The van der Waals surface area contributed by atoms with Gasteiger partial charge in [0.05, 0.1) is 17.4 Å². The summed E-state index contributed by atoms with van der Waals surface area (Å²) in [5.74, 6) is -0.512. The molecule has 4 N–H and O–H groups in total. The summed E-state index contributed by atoms with van der Waals surface area (Å²) in [4.78, 5) is 25.7. The van der Waals surface area contributed by atoms with Gasteiger partial charge in [-0.25, -0.2) is 0 Å². The highest BCUT2D eigenvalue weighted by molar-refractivity contribution is 6.07. The van der Waals surface area contributed by atoms with Crippen LogP contribution in [-0.4, -0.2) is 37.0 Å². The summed E-state index contributed by atoms with van der Waals surface area (Å²) < 4.78 is 0. The zero-order valence-corrected chi connectivity index (χ0v) is 10.6. The van der Waals surface area contributed by atoms with Crippen LogP contribution in [0.5, 0.6) is 0 Å². The first-order valence-corrected chi connectivity index (χ1v) is 6.21. The third-order valence-electron chi connectivity index (χ3n) is 4.10. The number of para-hydroxylation sites is 2. The van der Waals surface area contributed by atoms with Crippen molar-refractivity contribution < 1.29 is 9.59 Å². The van der Waals surface area contributed by atoms with Crippen molar-refractivity contribution in [3.63, 3.8) is 0 Å². The molecule has 0 aromatic heterocycles. The quantitative estimate of drug-likeness (QED) is 0.644. The van der Waals surface area contributed by atoms with Gasteiger partial charge in [-0.2, -0.15) is 0 Å². The first-order valence-electron chi connectivity index (χ1n) is 6.21. The topological polar surface area (TPSA) is 87.5 Å². The van der Waals surface area contributed by atoms with Gasteiger partial charge in [0.2, 0.25) is 5.91 Å². The SMILES string of the molecule is CN1c2ccccc2NC(=O)[C@@]12CN[C@H](C(N)=O)C2. The Hall–Kier alpha value is -2.08. The van der Waals surface area contributed by atoms with E-state index in [2.05, 4.69) is 10.6 Å². The molecule has 0 radical (unpaired) electrons. The highest BCUT2D eigenvalue weighted by Gasteiger charge is 2.52. The van der Waals surface area contributed by atoms with Gasteiger partial charge in [0.25, 0.3) is 5.91 Å². The third-order valence-corrected chi connectivity index (χ3v) is 4.10. The average Bonchev–Trinajstić information content (AvgIpc) is 2.83. The molecule has 2 aliphatic heterocycles. The predicted molar refractivity (Wildman–Crippen MR) is 71.8 cm³/mol. The standard InChI is InChI=1S/C13H16N4O2/c1-17-10-5-3-2-4-8(10)16-12(19)13(17)6-9(11(14)18)15-7-13/h2-5,9,15H,6-7H2,1H3,(H2,14,18)(H,16,19)/t9-,13+/m0/s1. The number of primary amides is 1. The molecule has 2 amide bonds. The number of nitrogens with zero attached hydrogens (tertiary/aromatic N) is 1. The average molecular weight is 260 g/mol. The van der Waals surface area contributed by atoms with Crippen molar-refractivity contribution in [1.29, 1.82) is 0 Å². The van der Waals surface area contributed by atoms with E-state index in [1.54, 1.807) is 0 Å². The number of fused-ring (bicyclic) bond motifs is 1. The Morgan fingerprint density at radius 3 is 2.89 bits per heavy atom. The van der Waals surface area contributed by atoms with Crippen molar-refractivity contribution >= 4 is 23.2 Å². The maximum absolute atomic E-state index is 12.4. The molecule has 0 unspecified atom stereocenters. The van der Waals surface area contributed by atoms with Gasteiger partial charge in [0, 0.05) is 20.0 Å². The lowest BCUT2D eigenvalue weighted by atomic mass is 9.89. The molecule has 0 saturated carbocycles. The van der Waals surface area contributed by atoms with Gasteiger partial charge >= 0.3 is 0 Å². The van der Waals surface area contributed by atoms with Crippen LogP contribution in [0.3, 0.4) is 0 Å². The number of hydrogen-bond acceptors (Lipinski definition) is 4. The number of carbonyl (C=O) groups excluding carboxylic acids is 2. The number of benzene rings is 1. The van der Waals surface area contributed by atoms with Crippen LogP contribution in [0.15, 0.2) is 24.3 Å². The van der Waals surface area contributed by atoms with Crippen LogP contribution in [-0.2, 0) is 9.59 Å². The molecule has 1 aromatic rings. The molecule has 1 aromatic carbocycles. The molecular weight excluding hydrogens is 244 g/mol. The van der Waals surface area contributed by atoms with Gasteiger partial charge in [0.1, 0.15) is 5.54 Å². The minimum Gasteiger partial charge on any atom is -0.368 e. The van der Waals surface area contributed by atoms with E-state index < -0.39 is 17.5 Å². The predicted octanol–water partition coefficient (Wildman–Crippen LogP) is -0.339. The minimum atomic E-state index is -0.742. The lowest BCUT2D eigenvalue weighted by molar-refractivity contribution is -0.121. The van der Waals surface area contributed by atoms with E-state index in [1.165, 1.54) is 0 Å². The molecule has 2 atom stereocenters. The van der Waals surface area contributed by atoms with Crippen LogP contribution in [0.4, 0.5) is 11.4 Å². The Kier molecular flexibility index (Phi) is 2.50. The molecule has 6 heteroatoms. The third kappa shape index (κ3) is 1.60. The molecule has 100 valence electrons.